The summed E-state index contributed by atoms with van der Waals surface area (Å²) in [6.07, 6.45) is 6.55. The number of allylic oxidation sites excluding steroid dienone is 1. The van der Waals surface area contributed by atoms with Crippen LogP contribution >= 0.6 is 11.6 Å². The highest BCUT2D eigenvalue weighted by atomic mass is 35.5. The summed E-state index contributed by atoms with van der Waals surface area (Å²) in [5, 5.41) is 29.5. The fourth-order valence-electron chi connectivity index (χ4n) is 7.82. The van der Waals surface area contributed by atoms with E-state index in [0.717, 1.165) is 28.5 Å². The Hall–Kier alpha value is -7.77. The largest absolute Gasteiger partial charge is 0.507 e. The molecule has 0 saturated heterocycles. The van der Waals surface area contributed by atoms with Gasteiger partial charge in [0.1, 0.15) is 23.8 Å². The van der Waals surface area contributed by atoms with Gasteiger partial charge in [0.25, 0.3) is 11.8 Å². The highest BCUT2D eigenvalue weighted by molar-refractivity contribution is 6.15. The number of aldehydes is 1. The van der Waals surface area contributed by atoms with Crippen molar-refractivity contribution in [1.82, 2.24) is 31.2 Å². The number of likely N-dealkylation sites (N-methyl/N-ethyl adjacent to an activating group) is 1. The number of alkyl halides is 1. The number of carbonyl (C=O) groups is 8. The number of nitrogens with one attached hydrogen (secondary N) is 7. The molecule has 6 rings (SSSR count). The van der Waals surface area contributed by atoms with E-state index in [0.29, 0.717) is 71.4 Å². The monoisotopic (exact) mass is 1010 g/mol. The number of nitrogens with zero attached hydrogens (tertiary/aromatic N) is 2. The zero-order valence-corrected chi connectivity index (χ0v) is 42.0. The van der Waals surface area contributed by atoms with E-state index in [4.69, 9.17) is 5.73 Å². The van der Waals surface area contributed by atoms with Crippen LogP contribution in [-0.2, 0) is 24.0 Å². The molecular weight excluding hydrogens is 944 g/mol. The second-order valence-electron chi connectivity index (χ2n) is 16.8. The van der Waals surface area contributed by atoms with Gasteiger partial charge in [-0.25, -0.2) is 4.79 Å². The summed E-state index contributed by atoms with van der Waals surface area (Å²) in [5.41, 5.74) is 9.06. The second kappa shape index (κ2) is 28.8. The maximum atomic E-state index is 13.9. The highest BCUT2D eigenvalue weighted by Crippen LogP contribution is 2.45. The van der Waals surface area contributed by atoms with Crippen molar-refractivity contribution >= 4 is 98.1 Å². The average Bonchev–Trinajstić information content (AvgIpc) is 3.95. The summed E-state index contributed by atoms with van der Waals surface area (Å²) < 4.78 is 0. The molecule has 1 aliphatic heterocycles. The van der Waals surface area contributed by atoms with Crippen LogP contribution in [0.25, 0.3) is 21.7 Å². The smallest absolute Gasteiger partial charge is 0.312 e. The summed E-state index contributed by atoms with van der Waals surface area (Å²) in [7, 11) is 1.57. The summed E-state index contributed by atoms with van der Waals surface area (Å²) >= 11 is 4.64. The van der Waals surface area contributed by atoms with E-state index >= 15 is 0 Å². The van der Waals surface area contributed by atoms with E-state index in [1.165, 1.54) is 29.8 Å². The Morgan fingerprint density at radius 1 is 0.875 bits per heavy atom. The fraction of sp³-hybridized carbons (Fsp3) is 0.346. The van der Waals surface area contributed by atoms with Crippen LogP contribution in [0.15, 0.2) is 91.0 Å². The molecule has 2 atom stereocenters. The van der Waals surface area contributed by atoms with Gasteiger partial charge in [0.2, 0.25) is 23.6 Å². The Kier molecular flexibility index (Phi) is 22.7. The third kappa shape index (κ3) is 16.4. The van der Waals surface area contributed by atoms with Gasteiger partial charge in [0, 0.05) is 104 Å². The molecule has 72 heavy (non-hydrogen) atoms. The van der Waals surface area contributed by atoms with Gasteiger partial charge in [-0.2, -0.15) is 0 Å². The number of amides is 8. The van der Waals surface area contributed by atoms with Gasteiger partial charge in [-0.05, 0) is 84.8 Å². The van der Waals surface area contributed by atoms with E-state index < -0.39 is 29.8 Å². The number of hydrogen-bond donors (Lipinski definition) is 9. The predicted molar refractivity (Wildman–Crippen MR) is 281 cm³/mol. The van der Waals surface area contributed by atoms with Crippen molar-refractivity contribution in [3.8, 4) is 5.75 Å². The first-order chi connectivity index (χ1) is 34.6. The number of phenolic OH excluding ortho intramolecular Hbond substituents is 1. The number of aromatic hydroxyl groups is 1. The van der Waals surface area contributed by atoms with Crippen LogP contribution in [0.4, 0.5) is 21.9 Å². The topological polar surface area (TPSA) is 277 Å². The van der Waals surface area contributed by atoms with Gasteiger partial charge in [0.15, 0.2) is 0 Å². The predicted octanol–water partition coefficient (Wildman–Crippen LogP) is 5.89. The number of H-pyrrole nitrogens is 1. The molecule has 0 fully saturated rings. The van der Waals surface area contributed by atoms with Crippen molar-refractivity contribution in [1.29, 1.82) is 0 Å². The van der Waals surface area contributed by atoms with E-state index in [9.17, 15) is 43.5 Å². The fourth-order valence-corrected chi connectivity index (χ4v) is 7.82. The molecule has 10 N–H and O–H groups in total. The van der Waals surface area contributed by atoms with Gasteiger partial charge in [0.05, 0.1) is 12.2 Å². The molecule has 2 heterocycles. The van der Waals surface area contributed by atoms with E-state index in [1.54, 1.807) is 54.4 Å². The number of primary amides is 1. The lowest BCUT2D eigenvalue weighted by Crippen LogP contribution is -2.47. The molecule has 20 heteroatoms. The quantitative estimate of drug-likeness (QED) is 0.0182. The van der Waals surface area contributed by atoms with Gasteiger partial charge < -0.3 is 57.5 Å². The molecule has 19 nitrogen and oxygen atoms in total. The Morgan fingerprint density at radius 2 is 1.57 bits per heavy atom. The third-order valence-corrected chi connectivity index (χ3v) is 11.2. The van der Waals surface area contributed by atoms with Crippen molar-refractivity contribution in [3.05, 3.63) is 108 Å². The van der Waals surface area contributed by atoms with Crippen LogP contribution in [0.2, 0.25) is 0 Å². The average molecular weight is 1010 g/mol. The number of hydrogen-bond acceptors (Lipinski definition) is 10. The summed E-state index contributed by atoms with van der Waals surface area (Å²) in [4.78, 5) is 105. The molecule has 0 aliphatic carbocycles. The van der Waals surface area contributed by atoms with Crippen LogP contribution in [0.5, 0.6) is 5.75 Å². The third-order valence-electron chi connectivity index (χ3n) is 11.2. The van der Waals surface area contributed by atoms with Gasteiger partial charge in [-0.15, -0.1) is 11.6 Å². The van der Waals surface area contributed by atoms with Crippen LogP contribution in [0.1, 0.15) is 85.2 Å². The molecule has 0 saturated carbocycles. The lowest BCUT2D eigenvalue weighted by atomic mass is 9.95. The van der Waals surface area contributed by atoms with Gasteiger partial charge in [-0.3, -0.25) is 33.6 Å². The van der Waals surface area contributed by atoms with E-state index in [1.807, 2.05) is 24.3 Å². The van der Waals surface area contributed by atoms with Crippen LogP contribution in [0, 0.1) is 0 Å². The molecule has 1 aliphatic rings. The zero-order chi connectivity index (χ0) is 52.7. The lowest BCUT2D eigenvalue weighted by Gasteiger charge is -2.19. The first-order valence-electron chi connectivity index (χ1n) is 23.6. The van der Waals surface area contributed by atoms with Crippen molar-refractivity contribution < 1.29 is 43.5 Å². The number of benzene rings is 4. The first-order valence-corrected chi connectivity index (χ1v) is 24.4. The summed E-state index contributed by atoms with van der Waals surface area (Å²) in [6.45, 7) is 7.60. The number of rotatable bonds is 21. The minimum absolute atomic E-state index is 0.0569. The van der Waals surface area contributed by atoms with Crippen molar-refractivity contribution in [2.75, 3.05) is 68.2 Å². The maximum absolute atomic E-state index is 13.9. The SMILES string of the molecule is CC1CN(C(=O)c2cc3cc(NC(=O)c4ccc(NC(=O)[C@H](CCCNC(N)=O)NC(=O)CNCCNC(=O)CCCN(C)C(=O)/C=C\C=O)cc4)ccc3[nH]2)c2cc(O)c3ccccc3c21.CCC.CCl. The van der Waals surface area contributed by atoms with Crippen molar-refractivity contribution in [2.24, 2.45) is 5.73 Å². The normalized spacial score (nSPS) is 12.9. The number of fused-ring (bicyclic) bond motifs is 4. The minimum atomic E-state index is -0.992. The molecule has 0 spiro atoms. The van der Waals surface area contributed by atoms with Crippen LogP contribution in [-0.4, -0.2) is 121 Å². The summed E-state index contributed by atoms with van der Waals surface area (Å²) in [5.74, 6) is -2.09. The van der Waals surface area contributed by atoms with Crippen molar-refractivity contribution in [3.63, 3.8) is 0 Å². The molecule has 384 valence electrons. The van der Waals surface area contributed by atoms with Crippen LogP contribution < -0.4 is 42.5 Å². The van der Waals surface area contributed by atoms with Crippen LogP contribution in [0.3, 0.4) is 0 Å². The molecular formula is C52H65ClN10O9. The number of halogens is 1. The number of urea groups is 1. The number of phenols is 1. The Labute approximate surface area is 423 Å². The standard InChI is InChI=1S/C48H54N10O9.C3H8.CH3Cl/c1-29-28-58(39-26-40(60)34-8-3-4-9-35(34)44(29)39)47(66)38-25-31-24-33(17-18-36(31)55-38)54-45(64)30-13-15-32(16-14-30)53-46(65)37(10-5-19-52-48(49)67)56-42(62)27-50-20-21-51-41(61)11-6-22-57(2)43(63)12-7-23-59;1-3-2;1-2/h3-4,7-9,12-18,23-26,29,37,50,55,60H,5-6,10-11,19-22,27-28H2,1-2H3,(H,51,61)(H,53,65)(H,54,64)(H,56,62)(H3,49,52,67);3H2,1-2H3;1H3/b12-7-;;/t29?,37-;;/m0../s1. The van der Waals surface area contributed by atoms with E-state index in [-0.39, 0.29) is 68.4 Å². The second-order valence-corrected chi connectivity index (χ2v) is 16.8. The minimum Gasteiger partial charge on any atom is -0.507 e. The Bertz CT molecular complexity index is 2730. The molecule has 8 amide bonds. The molecule has 1 aromatic heterocycles. The van der Waals surface area contributed by atoms with Gasteiger partial charge >= 0.3 is 6.03 Å². The highest BCUT2D eigenvalue weighted by Gasteiger charge is 2.33. The number of aromatic nitrogens is 1. The number of nitrogens with two attached hydrogens (primary N) is 1. The molecule has 0 radical (unpaired) electrons. The van der Waals surface area contributed by atoms with E-state index in [2.05, 4.69) is 69.3 Å². The Morgan fingerprint density at radius 3 is 2.26 bits per heavy atom. The Balaban J connectivity index is 0.00000217. The first kappa shape index (κ1) is 56.8. The van der Waals surface area contributed by atoms with Crippen molar-refractivity contribution in [2.45, 2.75) is 64.8 Å². The molecule has 5 aromatic rings. The number of carbonyl (C=O) groups excluding carboxylic acids is 8. The molecule has 1 unspecified atom stereocenters. The maximum Gasteiger partial charge on any atom is 0.312 e. The molecule has 4 aromatic carbocycles. The van der Waals surface area contributed by atoms with Gasteiger partial charge in [-0.1, -0.05) is 51.5 Å². The number of anilines is 3. The lowest BCUT2D eigenvalue weighted by molar-refractivity contribution is -0.126. The summed E-state index contributed by atoms with van der Waals surface area (Å²) in [6, 6.07) is 20.7. The molecule has 0 bridgehead atoms. The number of aromatic amines is 1. The zero-order valence-electron chi connectivity index (χ0n) is 41.2.